The first-order valence-electron chi connectivity index (χ1n) is 6.42. The molecule has 1 fully saturated rings. The van der Waals surface area contributed by atoms with Gasteiger partial charge in [0.1, 0.15) is 18.3 Å². The number of H-pyrrole nitrogens is 1. The molecule has 0 spiro atoms. The van der Waals surface area contributed by atoms with Crippen LogP contribution in [0.2, 0.25) is 0 Å². The summed E-state index contributed by atoms with van der Waals surface area (Å²) in [5, 5.41) is 19.8. The Morgan fingerprint density at radius 1 is 1.21 bits per heavy atom. The summed E-state index contributed by atoms with van der Waals surface area (Å²) < 4.78 is 25.0. The van der Waals surface area contributed by atoms with Gasteiger partial charge in [-0.3, -0.25) is 18.9 Å². The maximum absolute atomic E-state index is 11.7. The molecule has 1 unspecified atom stereocenters. The molecule has 0 amide bonds. The molecule has 1 aromatic heterocycles. The topological polar surface area (TPSA) is 209 Å². The smallest absolute Gasteiger partial charge is 0.812 e. The third kappa shape index (κ3) is 9.39. The molecule has 1 aliphatic rings. The van der Waals surface area contributed by atoms with E-state index in [1.165, 1.54) is 0 Å². The Kier molecular flexibility index (Phi) is 15.1. The Balaban J connectivity index is 0. The zero-order chi connectivity index (χ0) is 19.0. The molecule has 2 heterocycles. The standard InChI is InChI=1S/C9H14N2O11P2S.3Na/c12-5-1-2-11(9(15)10-5)8-7(14)6(13)4(21-8)3-20-23(16,17)22-24(18,19)25;;;/h1-2,4,6-8,13-14H,3H2,(H,16,17)(H,10,12,15)(H2,18,19,25);;;/q;3*+1/p-3/t4-,6-,7-,8-;;;/m1.../s1. The first-order valence-corrected chi connectivity index (χ1v) is 10.4. The Morgan fingerprint density at radius 3 is 2.29 bits per heavy atom. The van der Waals surface area contributed by atoms with Crippen LogP contribution in [-0.2, 0) is 29.9 Å². The molecule has 13 nitrogen and oxygen atoms in total. The Hall–Kier alpha value is 2.24. The van der Waals surface area contributed by atoms with E-state index in [0.717, 1.165) is 16.8 Å². The van der Waals surface area contributed by atoms with Gasteiger partial charge >= 0.3 is 94.4 Å². The molecular formula is C9H11N2Na3O11P2S. The molecule has 0 bridgehead atoms. The summed E-state index contributed by atoms with van der Waals surface area (Å²) in [4.78, 5) is 57.2. The van der Waals surface area contributed by atoms with Crippen LogP contribution in [0.25, 0.3) is 0 Å². The Bertz CT molecular complexity index is 847. The van der Waals surface area contributed by atoms with Crippen LogP contribution in [0.1, 0.15) is 6.23 Å². The summed E-state index contributed by atoms with van der Waals surface area (Å²) in [6, 6.07) is 0.961. The van der Waals surface area contributed by atoms with Crippen LogP contribution in [0.5, 0.6) is 0 Å². The van der Waals surface area contributed by atoms with Crippen molar-refractivity contribution < 1.29 is 132 Å². The van der Waals surface area contributed by atoms with Gasteiger partial charge < -0.3 is 38.5 Å². The summed E-state index contributed by atoms with van der Waals surface area (Å²) in [6.07, 6.45) is -5.28. The van der Waals surface area contributed by atoms with Crippen LogP contribution in [0.15, 0.2) is 21.9 Å². The molecule has 19 heteroatoms. The SMILES string of the molecule is O=c1ccn([C@@H]2O[C@H](COP(=O)([O-])OP([O-])([O-])=S)[C@@H](O)[C@H]2O)c(=O)[nH]1.[Na+].[Na+].[Na+]. The number of aliphatic hydroxyl groups is 2. The number of nitrogens with one attached hydrogen (secondary N) is 1. The maximum atomic E-state index is 11.7. The molecule has 1 saturated heterocycles. The number of aromatic nitrogens is 2. The molecule has 28 heavy (non-hydrogen) atoms. The van der Waals surface area contributed by atoms with Gasteiger partial charge in [0.05, 0.1) is 6.61 Å². The molecule has 0 aliphatic carbocycles. The third-order valence-corrected chi connectivity index (χ3v) is 5.72. The van der Waals surface area contributed by atoms with E-state index < -0.39 is 56.9 Å². The summed E-state index contributed by atoms with van der Waals surface area (Å²) >= 11 is 3.77. The fraction of sp³-hybridized carbons (Fsp3) is 0.556. The first-order chi connectivity index (χ1) is 11.4. The van der Waals surface area contributed by atoms with Gasteiger partial charge in [-0.15, -0.1) is 11.8 Å². The van der Waals surface area contributed by atoms with Gasteiger partial charge in [0.15, 0.2) is 6.23 Å². The Morgan fingerprint density at radius 2 is 1.79 bits per heavy atom. The van der Waals surface area contributed by atoms with Crippen molar-refractivity contribution in [3.63, 3.8) is 0 Å². The minimum Gasteiger partial charge on any atom is -0.812 e. The van der Waals surface area contributed by atoms with E-state index in [9.17, 15) is 39.0 Å². The van der Waals surface area contributed by atoms with E-state index in [1.54, 1.807) is 0 Å². The number of ether oxygens (including phenoxy) is 1. The van der Waals surface area contributed by atoms with Crippen molar-refractivity contribution in [1.29, 1.82) is 0 Å². The second-order valence-corrected chi connectivity index (χ2v) is 8.88. The zero-order valence-electron chi connectivity index (χ0n) is 15.0. The summed E-state index contributed by atoms with van der Waals surface area (Å²) in [5.74, 6) is 0. The summed E-state index contributed by atoms with van der Waals surface area (Å²) in [5.41, 5.74) is -1.65. The predicted molar refractivity (Wildman–Crippen MR) is 76.2 cm³/mol. The largest absolute Gasteiger partial charge is 1.00 e. The van der Waals surface area contributed by atoms with Crippen molar-refractivity contribution in [2.24, 2.45) is 0 Å². The average Bonchev–Trinajstić information content (AvgIpc) is 2.71. The van der Waals surface area contributed by atoms with E-state index in [1.807, 2.05) is 4.98 Å². The van der Waals surface area contributed by atoms with Gasteiger partial charge in [0.25, 0.3) is 13.4 Å². The van der Waals surface area contributed by atoms with Crippen molar-refractivity contribution in [3.05, 3.63) is 33.1 Å². The van der Waals surface area contributed by atoms with Crippen molar-refractivity contribution >= 4 is 26.3 Å². The van der Waals surface area contributed by atoms with Gasteiger partial charge in [0, 0.05) is 12.3 Å². The van der Waals surface area contributed by atoms with Crippen molar-refractivity contribution in [2.45, 2.75) is 24.5 Å². The predicted octanol–water partition coefficient (Wildman–Crippen LogP) is -13.4. The maximum Gasteiger partial charge on any atom is 1.00 e. The molecule has 2 rings (SSSR count). The van der Waals surface area contributed by atoms with Crippen LogP contribution in [0.4, 0.5) is 0 Å². The number of aromatic amines is 1. The number of hydrogen-bond donors (Lipinski definition) is 3. The van der Waals surface area contributed by atoms with Gasteiger partial charge in [0.2, 0.25) is 0 Å². The summed E-state index contributed by atoms with van der Waals surface area (Å²) in [7, 11) is -5.34. The fourth-order valence-corrected chi connectivity index (χ4v) is 4.27. The van der Waals surface area contributed by atoms with Crippen LogP contribution in [0, 0.1) is 0 Å². The van der Waals surface area contributed by atoms with Gasteiger partial charge in [-0.1, -0.05) is 6.72 Å². The molecule has 0 saturated carbocycles. The van der Waals surface area contributed by atoms with Crippen LogP contribution in [0.3, 0.4) is 0 Å². The van der Waals surface area contributed by atoms with E-state index in [4.69, 9.17) is 4.74 Å². The van der Waals surface area contributed by atoms with E-state index in [2.05, 4.69) is 20.6 Å². The summed E-state index contributed by atoms with van der Waals surface area (Å²) in [6.45, 7) is -5.97. The first kappa shape index (κ1) is 32.4. The van der Waals surface area contributed by atoms with Gasteiger partial charge in [-0.25, -0.2) is 4.79 Å². The quantitative estimate of drug-likeness (QED) is 0.253. The van der Waals surface area contributed by atoms with E-state index in [-0.39, 0.29) is 88.7 Å². The Labute approximate surface area is 229 Å². The monoisotopic (exact) mass is 486 g/mol. The second-order valence-electron chi connectivity index (χ2n) is 4.84. The minimum atomic E-state index is -5.34. The molecule has 142 valence electrons. The molecule has 1 aromatic rings. The van der Waals surface area contributed by atoms with Crippen LogP contribution in [-0.4, -0.2) is 44.7 Å². The third-order valence-electron chi connectivity index (χ3n) is 3.06. The molecule has 0 aromatic carbocycles. The minimum absolute atomic E-state index is 0. The van der Waals surface area contributed by atoms with Crippen LogP contribution >= 0.6 is 14.5 Å². The molecule has 0 radical (unpaired) electrons. The second kappa shape index (κ2) is 13.1. The van der Waals surface area contributed by atoms with Crippen LogP contribution < -0.4 is 115 Å². The normalized spacial score (nSPS) is 26.3. The zero-order valence-corrected chi connectivity index (χ0v) is 23.6. The number of aliphatic hydroxyl groups excluding tert-OH is 2. The average molecular weight is 486 g/mol. The van der Waals surface area contributed by atoms with Crippen molar-refractivity contribution in [1.82, 2.24) is 9.55 Å². The molecule has 5 atom stereocenters. The van der Waals surface area contributed by atoms with Crippen molar-refractivity contribution in [2.75, 3.05) is 6.61 Å². The van der Waals surface area contributed by atoms with Gasteiger partial charge in [-0.2, -0.15) is 0 Å². The number of nitrogens with zero attached hydrogens (tertiary/aromatic N) is 1. The molecule has 1 aliphatic heterocycles. The number of phosphoric ester groups is 1. The molecule has 3 N–H and O–H groups in total. The van der Waals surface area contributed by atoms with Crippen molar-refractivity contribution in [3.8, 4) is 0 Å². The van der Waals surface area contributed by atoms with E-state index >= 15 is 0 Å². The fourth-order valence-electron chi connectivity index (χ4n) is 2.04. The number of hydrogen-bond acceptors (Lipinski definition) is 12. The molecular weight excluding hydrogens is 475 g/mol. The van der Waals surface area contributed by atoms with E-state index in [0.29, 0.717) is 0 Å². The van der Waals surface area contributed by atoms with Gasteiger partial charge in [-0.05, 0) is 0 Å². The number of rotatable bonds is 6. The number of phosphoric acid groups is 1.